The van der Waals surface area contributed by atoms with Crippen LogP contribution in [0.2, 0.25) is 10.0 Å². The number of fused-ring (bicyclic) bond motifs is 1. The average Bonchev–Trinajstić information content (AvgIpc) is 3.14. The fraction of sp³-hybridized carbons (Fsp3) is 0.333. The van der Waals surface area contributed by atoms with Gasteiger partial charge in [-0.15, -0.1) is 0 Å². The highest BCUT2D eigenvalue weighted by molar-refractivity contribution is 6.31. The minimum Gasteiger partial charge on any atom is -0.478 e. The molecule has 10 heteroatoms. The first-order valence-electron chi connectivity index (χ1n) is 18.0. The molecule has 1 heterocycles. The number of benzene rings is 4. The number of carboxylic acid groups (broad SMARTS) is 1. The number of nitrogens with zero attached hydrogens (tertiary/aromatic N) is 3. The number of anilines is 1. The summed E-state index contributed by atoms with van der Waals surface area (Å²) in [6.07, 6.45) is 5.38. The summed E-state index contributed by atoms with van der Waals surface area (Å²) in [4.78, 5) is 47.2. The zero-order valence-electron chi connectivity index (χ0n) is 29.9. The van der Waals surface area contributed by atoms with E-state index in [1.54, 1.807) is 70.1 Å². The number of ether oxygens (including phenoxy) is 1. The van der Waals surface area contributed by atoms with Crippen LogP contribution in [0, 0.1) is 0 Å². The van der Waals surface area contributed by atoms with Crippen LogP contribution in [0.4, 0.5) is 5.69 Å². The van der Waals surface area contributed by atoms with E-state index >= 15 is 0 Å². The summed E-state index contributed by atoms with van der Waals surface area (Å²) >= 11 is 12.5. The quantitative estimate of drug-likeness (QED) is 0.0952. The van der Waals surface area contributed by atoms with Gasteiger partial charge in [0.15, 0.2) is 0 Å². The van der Waals surface area contributed by atoms with E-state index in [1.807, 2.05) is 31.2 Å². The average molecular weight is 743 g/mol. The first kappa shape index (κ1) is 38.6. The Labute approximate surface area is 315 Å². The maximum atomic E-state index is 14.4. The fourth-order valence-corrected chi connectivity index (χ4v) is 6.64. The molecule has 0 aliphatic rings. The Morgan fingerprint density at radius 1 is 0.865 bits per heavy atom. The highest BCUT2D eigenvalue weighted by atomic mass is 35.5. The molecule has 0 radical (unpaired) electrons. The third kappa shape index (κ3) is 9.22. The van der Waals surface area contributed by atoms with Crippen molar-refractivity contribution in [1.82, 2.24) is 9.55 Å². The van der Waals surface area contributed by atoms with Crippen molar-refractivity contribution in [3.05, 3.63) is 133 Å². The third-order valence-corrected chi connectivity index (χ3v) is 9.64. The normalized spacial score (nSPS) is 11.8. The molecule has 4 aromatic carbocycles. The molecule has 1 atom stereocenters. The van der Waals surface area contributed by atoms with E-state index in [0.717, 1.165) is 49.7 Å². The number of carbonyl (C=O) groups excluding carboxylic acids is 1. The number of unbranched alkanes of at least 4 members (excludes halogenated alkanes) is 3. The van der Waals surface area contributed by atoms with Crippen molar-refractivity contribution in [3.63, 3.8) is 0 Å². The van der Waals surface area contributed by atoms with E-state index in [4.69, 9.17) is 32.9 Å². The number of hydrogen-bond acceptors (Lipinski definition) is 5. The molecule has 272 valence electrons. The van der Waals surface area contributed by atoms with Crippen LogP contribution in [0.1, 0.15) is 98.3 Å². The molecule has 0 aliphatic carbocycles. The van der Waals surface area contributed by atoms with Crippen molar-refractivity contribution in [3.8, 4) is 5.75 Å². The smallest absolute Gasteiger partial charge is 0.349 e. The monoisotopic (exact) mass is 741 g/mol. The molecule has 8 nitrogen and oxygen atoms in total. The van der Waals surface area contributed by atoms with Gasteiger partial charge in [-0.05, 0) is 85.0 Å². The van der Waals surface area contributed by atoms with Gasteiger partial charge in [-0.25, -0.2) is 9.78 Å². The predicted molar refractivity (Wildman–Crippen MR) is 209 cm³/mol. The molecule has 1 aromatic heterocycles. The van der Waals surface area contributed by atoms with E-state index in [0.29, 0.717) is 68.7 Å². The standard InChI is InChI=1S/C42H45Cl2N3O5/c1-4-7-11-24-46(40(48)29-17-19-31(43)20-18-29)32-21-22-36-34(26-32)41(49)47(38(45-36)15-8-5-2)27-28-16-23-37(30(25-28)12-6-3)52-39(42(50)51)33-13-9-10-14-35(33)44/h9-10,13-14,16-23,25-26,39H,4-8,11-12,15,24,27H2,1-3H3,(H,50,51). The number of halogens is 2. The lowest BCUT2D eigenvalue weighted by Crippen LogP contribution is -2.32. The van der Waals surface area contributed by atoms with Gasteiger partial charge in [0.25, 0.3) is 11.5 Å². The Morgan fingerprint density at radius 3 is 2.31 bits per heavy atom. The van der Waals surface area contributed by atoms with Crippen molar-refractivity contribution in [2.75, 3.05) is 11.4 Å². The van der Waals surface area contributed by atoms with Crippen LogP contribution in [0.3, 0.4) is 0 Å². The largest absolute Gasteiger partial charge is 0.478 e. The summed E-state index contributed by atoms with van der Waals surface area (Å²) in [5.74, 6) is -0.171. The molecule has 5 aromatic rings. The van der Waals surface area contributed by atoms with Crippen molar-refractivity contribution >= 4 is 51.7 Å². The van der Waals surface area contributed by atoms with Gasteiger partial charge in [-0.1, -0.05) is 100.0 Å². The van der Waals surface area contributed by atoms with Gasteiger partial charge in [-0.2, -0.15) is 0 Å². The van der Waals surface area contributed by atoms with Crippen LogP contribution in [-0.4, -0.2) is 33.1 Å². The molecule has 0 bridgehead atoms. The number of aromatic nitrogens is 2. The van der Waals surface area contributed by atoms with Gasteiger partial charge in [0.05, 0.1) is 17.4 Å². The molecule has 0 fully saturated rings. The number of aryl methyl sites for hydroxylation is 2. The molecular formula is C42H45Cl2N3O5. The second kappa shape index (κ2) is 18.2. The number of rotatable bonds is 17. The van der Waals surface area contributed by atoms with E-state index in [-0.39, 0.29) is 18.0 Å². The minimum absolute atomic E-state index is 0.162. The molecule has 0 saturated carbocycles. The lowest BCUT2D eigenvalue weighted by molar-refractivity contribution is -0.145. The minimum atomic E-state index is -1.29. The van der Waals surface area contributed by atoms with Crippen molar-refractivity contribution in [1.29, 1.82) is 0 Å². The second-order valence-electron chi connectivity index (χ2n) is 12.9. The summed E-state index contributed by atoms with van der Waals surface area (Å²) in [5, 5.41) is 11.3. The maximum absolute atomic E-state index is 14.4. The first-order valence-corrected chi connectivity index (χ1v) is 18.8. The highest BCUT2D eigenvalue weighted by Crippen LogP contribution is 2.32. The number of hydrogen-bond donors (Lipinski definition) is 1. The lowest BCUT2D eigenvalue weighted by atomic mass is 10.0. The zero-order chi connectivity index (χ0) is 37.2. The van der Waals surface area contributed by atoms with Crippen molar-refractivity contribution in [2.24, 2.45) is 0 Å². The summed E-state index contributed by atoms with van der Waals surface area (Å²) in [6.45, 7) is 7.03. The van der Waals surface area contributed by atoms with Gasteiger partial charge >= 0.3 is 5.97 Å². The van der Waals surface area contributed by atoms with Gasteiger partial charge in [-0.3, -0.25) is 14.2 Å². The summed E-state index contributed by atoms with van der Waals surface area (Å²) in [7, 11) is 0. The summed E-state index contributed by atoms with van der Waals surface area (Å²) < 4.78 is 7.84. The Hall–Kier alpha value is -4.66. The molecule has 0 spiro atoms. The van der Waals surface area contributed by atoms with Crippen LogP contribution in [-0.2, 0) is 24.2 Å². The topological polar surface area (TPSA) is 102 Å². The molecular weight excluding hydrogens is 697 g/mol. The molecule has 5 rings (SSSR count). The van der Waals surface area contributed by atoms with Crippen LogP contribution in [0.25, 0.3) is 10.9 Å². The van der Waals surface area contributed by atoms with E-state index in [1.165, 1.54) is 0 Å². The van der Waals surface area contributed by atoms with Crippen LogP contribution < -0.4 is 15.2 Å². The van der Waals surface area contributed by atoms with Gasteiger partial charge in [0.2, 0.25) is 6.10 Å². The Balaban J connectivity index is 1.54. The first-order chi connectivity index (χ1) is 25.1. The number of aliphatic carboxylic acids is 1. The van der Waals surface area contributed by atoms with Gasteiger partial charge in [0, 0.05) is 39.8 Å². The van der Waals surface area contributed by atoms with Crippen LogP contribution in [0.5, 0.6) is 5.75 Å². The molecule has 1 N–H and O–H groups in total. The van der Waals surface area contributed by atoms with E-state index in [9.17, 15) is 19.5 Å². The summed E-state index contributed by atoms with van der Waals surface area (Å²) in [6, 6.07) is 24.7. The van der Waals surface area contributed by atoms with Crippen molar-refractivity contribution in [2.45, 2.75) is 84.8 Å². The third-order valence-electron chi connectivity index (χ3n) is 9.05. The number of amides is 1. The summed E-state index contributed by atoms with van der Waals surface area (Å²) in [5.41, 5.74) is 3.61. The van der Waals surface area contributed by atoms with Crippen LogP contribution in [0.15, 0.2) is 89.7 Å². The SMILES string of the molecule is CCCCCN(C(=O)c1ccc(Cl)cc1)c1ccc2nc(CCCC)n(Cc3ccc(OC(C(=O)O)c4ccccc4Cl)c(CCC)c3)c(=O)c2c1. The molecule has 1 amide bonds. The molecule has 1 unspecified atom stereocenters. The predicted octanol–water partition coefficient (Wildman–Crippen LogP) is 10.1. The maximum Gasteiger partial charge on any atom is 0.349 e. The Bertz CT molecular complexity index is 2080. The van der Waals surface area contributed by atoms with Crippen LogP contribution >= 0.6 is 23.2 Å². The zero-order valence-corrected chi connectivity index (χ0v) is 31.4. The van der Waals surface area contributed by atoms with E-state index in [2.05, 4.69) is 13.8 Å². The van der Waals surface area contributed by atoms with Crippen molar-refractivity contribution < 1.29 is 19.4 Å². The second-order valence-corrected chi connectivity index (χ2v) is 13.8. The number of carbonyl (C=O) groups is 2. The number of carboxylic acids is 1. The van der Waals surface area contributed by atoms with E-state index < -0.39 is 12.1 Å². The highest BCUT2D eigenvalue weighted by Gasteiger charge is 2.26. The molecule has 52 heavy (non-hydrogen) atoms. The Morgan fingerprint density at radius 2 is 1.62 bits per heavy atom. The van der Waals surface area contributed by atoms with Gasteiger partial charge in [0.1, 0.15) is 11.6 Å². The Kier molecular flexibility index (Phi) is 13.5. The lowest BCUT2D eigenvalue weighted by Gasteiger charge is -2.24. The molecule has 0 aliphatic heterocycles. The molecule has 0 saturated heterocycles. The fourth-order valence-electron chi connectivity index (χ4n) is 6.28. The van der Waals surface area contributed by atoms with Gasteiger partial charge < -0.3 is 14.7 Å².